The first-order valence-electron chi connectivity index (χ1n) is 6.73. The lowest BCUT2D eigenvalue weighted by Gasteiger charge is -2.21. The first kappa shape index (κ1) is 13.5. The summed E-state index contributed by atoms with van der Waals surface area (Å²) in [5.74, 6) is 3.96. The van der Waals surface area contributed by atoms with E-state index in [0.717, 1.165) is 35.8 Å². The molecule has 0 amide bonds. The number of rotatable bonds is 5. The molecule has 2 N–H and O–H groups in total. The van der Waals surface area contributed by atoms with E-state index in [-0.39, 0.29) is 0 Å². The van der Waals surface area contributed by atoms with Gasteiger partial charge in [0.2, 0.25) is 0 Å². The maximum Gasteiger partial charge on any atom is 0.131 e. The number of hydrogen-bond donors (Lipinski definition) is 2. The normalized spacial score (nSPS) is 19.6. The summed E-state index contributed by atoms with van der Waals surface area (Å²) in [5, 5.41) is 7.41. The van der Waals surface area contributed by atoms with E-state index in [9.17, 15) is 0 Å². The van der Waals surface area contributed by atoms with Gasteiger partial charge in [-0.1, -0.05) is 6.42 Å². The Balaban J connectivity index is 1.91. The van der Waals surface area contributed by atoms with Gasteiger partial charge in [0.15, 0.2) is 0 Å². The van der Waals surface area contributed by atoms with Crippen molar-refractivity contribution < 1.29 is 0 Å². The van der Waals surface area contributed by atoms with E-state index in [4.69, 9.17) is 0 Å². The summed E-state index contributed by atoms with van der Waals surface area (Å²) < 4.78 is 0. The van der Waals surface area contributed by atoms with Gasteiger partial charge < -0.3 is 10.6 Å². The zero-order valence-corrected chi connectivity index (χ0v) is 12.0. The minimum absolute atomic E-state index is 0.733. The SMILES string of the molecule is CCNc1cc(NCC2CCCCS2)nc(C)n1. The standard InChI is InChI=1S/C13H22N4S/c1-3-14-12-8-13(17-10(2)16-12)15-9-11-6-4-5-7-18-11/h8,11H,3-7,9H2,1-2H3,(H2,14,15,16,17). The van der Waals surface area contributed by atoms with E-state index in [2.05, 4.69) is 39.3 Å². The number of anilines is 2. The first-order valence-corrected chi connectivity index (χ1v) is 7.78. The smallest absolute Gasteiger partial charge is 0.131 e. The molecule has 18 heavy (non-hydrogen) atoms. The molecule has 1 aliphatic rings. The van der Waals surface area contributed by atoms with Gasteiger partial charge in [0.05, 0.1) is 0 Å². The Kier molecular flexibility index (Phi) is 5.11. The Labute approximate surface area is 113 Å². The highest BCUT2D eigenvalue weighted by molar-refractivity contribution is 7.99. The van der Waals surface area contributed by atoms with Crippen LogP contribution in [-0.4, -0.2) is 34.1 Å². The van der Waals surface area contributed by atoms with E-state index >= 15 is 0 Å². The Morgan fingerprint density at radius 3 is 2.72 bits per heavy atom. The Morgan fingerprint density at radius 2 is 2.06 bits per heavy atom. The van der Waals surface area contributed by atoms with Crippen LogP contribution in [0.5, 0.6) is 0 Å². The first-order chi connectivity index (χ1) is 8.78. The van der Waals surface area contributed by atoms with Gasteiger partial charge >= 0.3 is 0 Å². The number of aryl methyl sites for hydroxylation is 1. The van der Waals surface area contributed by atoms with Crippen LogP contribution < -0.4 is 10.6 Å². The quantitative estimate of drug-likeness (QED) is 0.858. The minimum atomic E-state index is 0.733. The highest BCUT2D eigenvalue weighted by Crippen LogP contribution is 2.25. The monoisotopic (exact) mass is 266 g/mol. The number of nitrogens with one attached hydrogen (secondary N) is 2. The van der Waals surface area contributed by atoms with Crippen molar-refractivity contribution in [1.82, 2.24) is 9.97 Å². The third-order valence-electron chi connectivity index (χ3n) is 2.98. The fourth-order valence-corrected chi connectivity index (χ4v) is 3.36. The van der Waals surface area contributed by atoms with Gasteiger partial charge in [-0.15, -0.1) is 0 Å². The van der Waals surface area contributed by atoms with Crippen LogP contribution in [-0.2, 0) is 0 Å². The van der Waals surface area contributed by atoms with Crippen molar-refractivity contribution in [2.45, 2.75) is 38.4 Å². The summed E-state index contributed by atoms with van der Waals surface area (Å²) in [6.07, 6.45) is 4.06. The molecule has 1 aromatic heterocycles. The average molecular weight is 266 g/mol. The second-order valence-electron chi connectivity index (χ2n) is 4.59. The molecule has 1 aliphatic heterocycles. The number of hydrogen-bond acceptors (Lipinski definition) is 5. The average Bonchev–Trinajstić information content (AvgIpc) is 2.37. The minimum Gasteiger partial charge on any atom is -0.370 e. The molecule has 2 heterocycles. The Morgan fingerprint density at radius 1 is 1.28 bits per heavy atom. The van der Waals surface area contributed by atoms with E-state index < -0.39 is 0 Å². The van der Waals surface area contributed by atoms with Gasteiger partial charge in [0.1, 0.15) is 17.5 Å². The Hall–Kier alpha value is -0.970. The maximum atomic E-state index is 4.43. The lowest BCUT2D eigenvalue weighted by Crippen LogP contribution is -2.20. The predicted octanol–water partition coefficient (Wildman–Crippen LogP) is 2.91. The van der Waals surface area contributed by atoms with E-state index in [1.165, 1.54) is 25.0 Å². The summed E-state index contributed by atoms with van der Waals surface area (Å²) in [6.45, 7) is 5.89. The molecule has 1 aromatic rings. The molecule has 0 aromatic carbocycles. The van der Waals surface area contributed by atoms with Gasteiger partial charge in [0.25, 0.3) is 0 Å². The van der Waals surface area contributed by atoms with Crippen molar-refractivity contribution in [3.63, 3.8) is 0 Å². The van der Waals surface area contributed by atoms with Gasteiger partial charge in [-0.25, -0.2) is 9.97 Å². The van der Waals surface area contributed by atoms with Crippen LogP contribution in [0.3, 0.4) is 0 Å². The molecule has 0 aliphatic carbocycles. The van der Waals surface area contributed by atoms with E-state index in [1.54, 1.807) is 0 Å². The zero-order chi connectivity index (χ0) is 12.8. The second-order valence-corrected chi connectivity index (χ2v) is 5.99. The summed E-state index contributed by atoms with van der Waals surface area (Å²) in [7, 11) is 0. The molecule has 1 unspecified atom stereocenters. The largest absolute Gasteiger partial charge is 0.370 e. The van der Waals surface area contributed by atoms with Crippen molar-refractivity contribution in [2.24, 2.45) is 0 Å². The van der Waals surface area contributed by atoms with Crippen molar-refractivity contribution in [1.29, 1.82) is 0 Å². The molecular weight excluding hydrogens is 244 g/mol. The summed E-state index contributed by atoms with van der Waals surface area (Å²) in [5.41, 5.74) is 0. The van der Waals surface area contributed by atoms with Crippen LogP contribution in [0.1, 0.15) is 32.0 Å². The number of aromatic nitrogens is 2. The lowest BCUT2D eigenvalue weighted by molar-refractivity contribution is 0.677. The second kappa shape index (κ2) is 6.83. The molecular formula is C13H22N4S. The number of nitrogens with zero attached hydrogens (tertiary/aromatic N) is 2. The highest BCUT2D eigenvalue weighted by Gasteiger charge is 2.13. The van der Waals surface area contributed by atoms with Crippen molar-refractivity contribution in [2.75, 3.05) is 29.5 Å². The van der Waals surface area contributed by atoms with Crippen LogP contribution >= 0.6 is 11.8 Å². The third kappa shape index (κ3) is 4.05. The van der Waals surface area contributed by atoms with E-state index in [1.807, 2.05) is 13.0 Å². The fourth-order valence-electron chi connectivity index (χ4n) is 2.12. The van der Waals surface area contributed by atoms with Crippen molar-refractivity contribution >= 4 is 23.4 Å². The summed E-state index contributed by atoms with van der Waals surface area (Å²) in [4.78, 5) is 8.78. The molecule has 0 radical (unpaired) electrons. The predicted molar refractivity (Wildman–Crippen MR) is 79.5 cm³/mol. The topological polar surface area (TPSA) is 49.8 Å². The molecule has 4 nitrogen and oxygen atoms in total. The van der Waals surface area contributed by atoms with Gasteiger partial charge in [-0.2, -0.15) is 11.8 Å². The molecule has 2 rings (SSSR count). The highest BCUT2D eigenvalue weighted by atomic mass is 32.2. The van der Waals surface area contributed by atoms with Crippen LogP contribution in [0.15, 0.2) is 6.07 Å². The van der Waals surface area contributed by atoms with Crippen molar-refractivity contribution in [3.05, 3.63) is 11.9 Å². The fraction of sp³-hybridized carbons (Fsp3) is 0.692. The van der Waals surface area contributed by atoms with Crippen LogP contribution in [0.2, 0.25) is 0 Å². The molecule has 100 valence electrons. The Bertz CT molecular complexity index is 377. The molecule has 5 heteroatoms. The van der Waals surface area contributed by atoms with Crippen LogP contribution in [0.25, 0.3) is 0 Å². The van der Waals surface area contributed by atoms with Gasteiger partial charge in [-0.3, -0.25) is 0 Å². The summed E-state index contributed by atoms with van der Waals surface area (Å²) in [6, 6.07) is 1.99. The van der Waals surface area contributed by atoms with Crippen LogP contribution in [0, 0.1) is 6.92 Å². The van der Waals surface area contributed by atoms with Gasteiger partial charge in [0, 0.05) is 24.4 Å². The molecule has 0 spiro atoms. The molecule has 0 saturated carbocycles. The molecule has 0 bridgehead atoms. The molecule has 1 fully saturated rings. The molecule has 1 saturated heterocycles. The molecule has 1 atom stereocenters. The maximum absolute atomic E-state index is 4.43. The zero-order valence-electron chi connectivity index (χ0n) is 11.2. The summed E-state index contributed by atoms with van der Waals surface area (Å²) >= 11 is 2.08. The lowest BCUT2D eigenvalue weighted by atomic mass is 10.2. The number of thioether (sulfide) groups is 1. The van der Waals surface area contributed by atoms with E-state index in [0.29, 0.717) is 0 Å². The van der Waals surface area contributed by atoms with Crippen LogP contribution in [0.4, 0.5) is 11.6 Å². The van der Waals surface area contributed by atoms with Crippen molar-refractivity contribution in [3.8, 4) is 0 Å². The third-order valence-corrected chi connectivity index (χ3v) is 4.38. The van der Waals surface area contributed by atoms with Gasteiger partial charge in [-0.05, 0) is 32.4 Å².